The number of fused-ring (bicyclic) bond motifs is 1. The molecule has 1 atom stereocenters. The van der Waals surface area contributed by atoms with Crippen LogP contribution in [-0.4, -0.2) is 48.7 Å². The van der Waals surface area contributed by atoms with Crippen molar-refractivity contribution in [3.63, 3.8) is 0 Å². The van der Waals surface area contributed by atoms with Crippen molar-refractivity contribution in [2.45, 2.75) is 56.4 Å². The van der Waals surface area contributed by atoms with Crippen molar-refractivity contribution < 1.29 is 18.0 Å². The van der Waals surface area contributed by atoms with Crippen LogP contribution >= 0.6 is 0 Å². The molecule has 2 aromatic rings. The third kappa shape index (κ3) is 4.22. The minimum atomic E-state index is -3.67. The first-order chi connectivity index (χ1) is 16.3. The Morgan fingerprint density at radius 3 is 2.47 bits per heavy atom. The van der Waals surface area contributed by atoms with Crippen LogP contribution in [0.15, 0.2) is 47.6 Å². The summed E-state index contributed by atoms with van der Waals surface area (Å²) in [6.07, 6.45) is 7.82. The van der Waals surface area contributed by atoms with Gasteiger partial charge in [-0.2, -0.15) is 4.31 Å². The van der Waals surface area contributed by atoms with Gasteiger partial charge in [-0.05, 0) is 74.9 Å². The van der Waals surface area contributed by atoms with Gasteiger partial charge in [0.1, 0.15) is 0 Å². The molecule has 9 heteroatoms. The number of sulfonamides is 1. The second-order valence-electron chi connectivity index (χ2n) is 9.59. The molecule has 1 aromatic carbocycles. The first-order valence-electron chi connectivity index (χ1n) is 12.0. The summed E-state index contributed by atoms with van der Waals surface area (Å²) in [5.74, 6) is -0.0698. The van der Waals surface area contributed by atoms with Crippen molar-refractivity contribution in [3.05, 3.63) is 48.3 Å². The average Bonchev–Trinajstić information content (AvgIpc) is 3.13. The van der Waals surface area contributed by atoms with Crippen LogP contribution in [0.1, 0.15) is 44.6 Å². The molecule has 5 rings (SSSR count). The van der Waals surface area contributed by atoms with E-state index in [2.05, 4.69) is 10.3 Å². The van der Waals surface area contributed by atoms with Gasteiger partial charge in [0.15, 0.2) is 0 Å². The van der Waals surface area contributed by atoms with Gasteiger partial charge in [-0.3, -0.25) is 14.6 Å². The van der Waals surface area contributed by atoms with E-state index in [-0.39, 0.29) is 34.6 Å². The van der Waals surface area contributed by atoms with Gasteiger partial charge in [0.2, 0.25) is 21.8 Å². The van der Waals surface area contributed by atoms with Gasteiger partial charge in [0.25, 0.3) is 0 Å². The maximum atomic E-state index is 13.4. The predicted molar refractivity (Wildman–Crippen MR) is 129 cm³/mol. The molecule has 0 spiro atoms. The quantitative estimate of drug-likeness (QED) is 0.706. The molecule has 3 heterocycles. The number of nitrogens with one attached hydrogen (secondary N) is 1. The highest BCUT2D eigenvalue weighted by molar-refractivity contribution is 7.89. The van der Waals surface area contributed by atoms with Gasteiger partial charge in [0, 0.05) is 42.9 Å². The lowest BCUT2D eigenvalue weighted by atomic mass is 9.84. The Bertz CT molecular complexity index is 1190. The van der Waals surface area contributed by atoms with E-state index in [0.717, 1.165) is 30.5 Å². The summed E-state index contributed by atoms with van der Waals surface area (Å²) >= 11 is 0. The van der Waals surface area contributed by atoms with Crippen LogP contribution in [-0.2, 0) is 26.0 Å². The van der Waals surface area contributed by atoms with Crippen molar-refractivity contribution in [3.8, 4) is 0 Å². The molecule has 2 fully saturated rings. The number of carbonyl (C=O) groups excluding carboxylic acids is 2. The van der Waals surface area contributed by atoms with E-state index in [1.54, 1.807) is 42.7 Å². The van der Waals surface area contributed by atoms with E-state index in [9.17, 15) is 18.0 Å². The number of pyridine rings is 1. The lowest BCUT2D eigenvalue weighted by molar-refractivity contribution is -0.125. The predicted octanol–water partition coefficient (Wildman–Crippen LogP) is 3.20. The van der Waals surface area contributed by atoms with Crippen molar-refractivity contribution >= 4 is 33.2 Å². The first kappa shape index (κ1) is 23.0. The molecule has 180 valence electrons. The normalized spacial score (nSPS) is 21.7. The van der Waals surface area contributed by atoms with Crippen LogP contribution < -0.4 is 10.2 Å². The smallest absolute Gasteiger partial charge is 0.243 e. The third-order valence-electron chi connectivity index (χ3n) is 7.35. The minimum Gasteiger partial charge on any atom is -0.324 e. The molecule has 34 heavy (non-hydrogen) atoms. The summed E-state index contributed by atoms with van der Waals surface area (Å²) in [7, 11) is -3.67. The summed E-state index contributed by atoms with van der Waals surface area (Å²) in [5, 5.41) is 2.86. The number of benzene rings is 1. The minimum absolute atomic E-state index is 0.0372. The van der Waals surface area contributed by atoms with Gasteiger partial charge >= 0.3 is 0 Å². The second kappa shape index (κ2) is 9.11. The molecule has 0 radical (unpaired) electrons. The van der Waals surface area contributed by atoms with Crippen molar-refractivity contribution in [1.82, 2.24) is 9.29 Å². The van der Waals surface area contributed by atoms with Gasteiger partial charge in [0.05, 0.1) is 16.8 Å². The number of nitrogens with zero attached hydrogens (tertiary/aromatic N) is 3. The van der Waals surface area contributed by atoms with E-state index in [4.69, 9.17) is 0 Å². The Labute approximate surface area is 200 Å². The van der Waals surface area contributed by atoms with Crippen LogP contribution in [0.4, 0.5) is 11.4 Å². The monoisotopic (exact) mass is 482 g/mol. The number of hydrogen-bond donors (Lipinski definition) is 1. The Morgan fingerprint density at radius 1 is 1.06 bits per heavy atom. The molecular weight excluding hydrogens is 452 g/mol. The Hall–Kier alpha value is -2.78. The Morgan fingerprint density at radius 2 is 1.82 bits per heavy atom. The van der Waals surface area contributed by atoms with Gasteiger partial charge < -0.3 is 10.2 Å². The summed E-state index contributed by atoms with van der Waals surface area (Å²) in [6.45, 7) is 2.62. The Kier molecular flexibility index (Phi) is 6.16. The van der Waals surface area contributed by atoms with Crippen LogP contribution in [0, 0.1) is 11.8 Å². The van der Waals surface area contributed by atoms with E-state index in [0.29, 0.717) is 38.0 Å². The number of piperidine rings is 1. The van der Waals surface area contributed by atoms with Gasteiger partial charge in [-0.15, -0.1) is 0 Å². The average molecular weight is 483 g/mol. The number of amides is 2. The molecular formula is C25H30N4O4S. The number of aromatic nitrogens is 1. The standard InChI is InChI=1S/C25H30N4O4S/c1-17-14-20-15-22(7-8-23(20)29(17)25(31)19-4-2-5-19)34(32,33)28-12-9-18(10-13-28)24(30)27-21-6-3-11-26-16-21/h3,6-8,11,15-19H,2,4-5,9-10,12-14H2,1H3,(H,27,30). The zero-order chi connectivity index (χ0) is 23.9. The fraction of sp³-hybridized carbons (Fsp3) is 0.480. The molecule has 2 aliphatic heterocycles. The molecule has 1 aromatic heterocycles. The zero-order valence-corrected chi connectivity index (χ0v) is 20.1. The summed E-state index contributed by atoms with van der Waals surface area (Å²) in [4.78, 5) is 31.6. The molecule has 2 amide bonds. The van der Waals surface area contributed by atoms with Gasteiger partial charge in [-0.1, -0.05) is 6.42 Å². The fourth-order valence-electron chi connectivity index (χ4n) is 5.14. The van der Waals surface area contributed by atoms with E-state index in [1.165, 1.54) is 4.31 Å². The van der Waals surface area contributed by atoms with E-state index in [1.807, 2.05) is 11.8 Å². The molecule has 1 unspecified atom stereocenters. The molecule has 1 aliphatic carbocycles. The maximum Gasteiger partial charge on any atom is 0.243 e. The maximum absolute atomic E-state index is 13.4. The highest BCUT2D eigenvalue weighted by Crippen LogP contribution is 2.38. The molecule has 8 nitrogen and oxygen atoms in total. The van der Waals surface area contributed by atoms with Gasteiger partial charge in [-0.25, -0.2) is 8.42 Å². The lowest BCUT2D eigenvalue weighted by Crippen LogP contribution is -2.42. The SMILES string of the molecule is CC1Cc2cc(S(=O)(=O)N3CCC(C(=O)Nc4cccnc4)CC3)ccc2N1C(=O)C1CCC1. The molecule has 1 saturated carbocycles. The Balaban J connectivity index is 1.25. The van der Waals surface area contributed by atoms with Crippen LogP contribution in [0.5, 0.6) is 0 Å². The fourth-order valence-corrected chi connectivity index (χ4v) is 6.66. The first-order valence-corrected chi connectivity index (χ1v) is 13.5. The molecule has 3 aliphatic rings. The largest absolute Gasteiger partial charge is 0.324 e. The summed E-state index contributed by atoms with van der Waals surface area (Å²) < 4.78 is 28.2. The van der Waals surface area contributed by atoms with Crippen LogP contribution in [0.25, 0.3) is 0 Å². The van der Waals surface area contributed by atoms with E-state index >= 15 is 0 Å². The number of hydrogen-bond acceptors (Lipinski definition) is 5. The summed E-state index contributed by atoms with van der Waals surface area (Å²) in [6, 6.07) is 8.71. The third-order valence-corrected chi connectivity index (χ3v) is 9.24. The topological polar surface area (TPSA) is 99.7 Å². The number of carbonyl (C=O) groups is 2. The van der Waals surface area contributed by atoms with Crippen LogP contribution in [0.2, 0.25) is 0 Å². The number of rotatable bonds is 5. The number of anilines is 2. The van der Waals surface area contributed by atoms with Crippen molar-refractivity contribution in [1.29, 1.82) is 0 Å². The summed E-state index contributed by atoms with van der Waals surface area (Å²) in [5.41, 5.74) is 2.39. The second-order valence-corrected chi connectivity index (χ2v) is 11.5. The van der Waals surface area contributed by atoms with Crippen molar-refractivity contribution in [2.24, 2.45) is 11.8 Å². The van der Waals surface area contributed by atoms with Crippen molar-refractivity contribution in [2.75, 3.05) is 23.3 Å². The highest BCUT2D eigenvalue weighted by Gasteiger charge is 2.38. The zero-order valence-electron chi connectivity index (χ0n) is 19.3. The highest BCUT2D eigenvalue weighted by atomic mass is 32.2. The lowest BCUT2D eigenvalue weighted by Gasteiger charge is -2.32. The molecule has 1 N–H and O–H groups in total. The molecule has 0 bridgehead atoms. The molecule has 1 saturated heterocycles. The van der Waals surface area contributed by atoms with Crippen LogP contribution in [0.3, 0.4) is 0 Å². The van der Waals surface area contributed by atoms with E-state index < -0.39 is 10.0 Å².